The fraction of sp³-hybridized carbons (Fsp3) is 0.0714. The van der Waals surface area contributed by atoms with E-state index in [9.17, 15) is 15.0 Å². The van der Waals surface area contributed by atoms with Crippen LogP contribution in [0.1, 0.15) is 27.6 Å². The molecule has 1 unspecified atom stereocenters. The number of rotatable bonds is 3. The van der Waals surface area contributed by atoms with E-state index in [0.717, 1.165) is 0 Å². The van der Waals surface area contributed by atoms with Crippen LogP contribution in [0.25, 0.3) is 0 Å². The van der Waals surface area contributed by atoms with E-state index in [2.05, 4.69) is 0 Å². The number of halogens is 4. The van der Waals surface area contributed by atoms with Crippen LogP contribution in [0.5, 0.6) is 0 Å². The first-order chi connectivity index (χ1) is 9.84. The van der Waals surface area contributed by atoms with Gasteiger partial charge >= 0.3 is 5.97 Å². The monoisotopic (exact) mass is 364 g/mol. The average Bonchev–Trinajstić information content (AvgIpc) is 2.44. The molecule has 21 heavy (non-hydrogen) atoms. The number of carboxylic acids is 1. The summed E-state index contributed by atoms with van der Waals surface area (Å²) in [4.78, 5) is 11.2. The largest absolute Gasteiger partial charge is 0.478 e. The Morgan fingerprint density at radius 3 is 2.24 bits per heavy atom. The van der Waals surface area contributed by atoms with Crippen LogP contribution in [0.3, 0.4) is 0 Å². The second kappa shape index (κ2) is 6.42. The van der Waals surface area contributed by atoms with E-state index in [4.69, 9.17) is 46.4 Å². The molecule has 2 N–H and O–H groups in total. The van der Waals surface area contributed by atoms with Gasteiger partial charge in [0.25, 0.3) is 0 Å². The quantitative estimate of drug-likeness (QED) is 0.589. The van der Waals surface area contributed by atoms with Crippen molar-refractivity contribution >= 4 is 52.4 Å². The number of carbonyl (C=O) groups is 1. The molecule has 0 aliphatic heterocycles. The van der Waals surface area contributed by atoms with E-state index in [1.807, 2.05) is 0 Å². The van der Waals surface area contributed by atoms with Crippen LogP contribution >= 0.6 is 46.4 Å². The van der Waals surface area contributed by atoms with Gasteiger partial charge in [-0.05, 0) is 17.7 Å². The topological polar surface area (TPSA) is 57.5 Å². The summed E-state index contributed by atoms with van der Waals surface area (Å²) in [5.41, 5.74) is 0.219. The van der Waals surface area contributed by atoms with Crippen LogP contribution in [0.2, 0.25) is 20.1 Å². The minimum absolute atomic E-state index is 0.0122. The molecule has 2 rings (SSSR count). The molecule has 0 bridgehead atoms. The van der Waals surface area contributed by atoms with Crippen LogP contribution < -0.4 is 0 Å². The Morgan fingerprint density at radius 1 is 1.00 bits per heavy atom. The predicted octanol–water partition coefficient (Wildman–Crippen LogP) is 5.08. The molecule has 0 radical (unpaired) electrons. The van der Waals surface area contributed by atoms with E-state index in [1.165, 1.54) is 18.2 Å². The zero-order chi connectivity index (χ0) is 15.7. The summed E-state index contributed by atoms with van der Waals surface area (Å²) >= 11 is 23.9. The molecule has 1 atom stereocenters. The maximum Gasteiger partial charge on any atom is 0.336 e. The highest BCUT2D eigenvalue weighted by Gasteiger charge is 2.24. The molecule has 0 aliphatic carbocycles. The van der Waals surface area contributed by atoms with Crippen molar-refractivity contribution in [1.29, 1.82) is 0 Å². The van der Waals surface area contributed by atoms with Crippen molar-refractivity contribution in [2.75, 3.05) is 0 Å². The summed E-state index contributed by atoms with van der Waals surface area (Å²) in [6, 6.07) is 7.35. The third-order valence-corrected chi connectivity index (χ3v) is 4.50. The lowest BCUT2D eigenvalue weighted by Crippen LogP contribution is -2.09. The molecule has 0 heterocycles. The van der Waals surface area contributed by atoms with Gasteiger partial charge in [0.2, 0.25) is 0 Å². The predicted molar refractivity (Wildman–Crippen MR) is 83.9 cm³/mol. The van der Waals surface area contributed by atoms with Gasteiger partial charge in [0.05, 0.1) is 20.6 Å². The van der Waals surface area contributed by atoms with E-state index in [1.54, 1.807) is 12.1 Å². The maximum atomic E-state index is 11.2. The highest BCUT2D eigenvalue weighted by Crippen LogP contribution is 2.42. The van der Waals surface area contributed by atoms with Gasteiger partial charge in [-0.2, -0.15) is 0 Å². The van der Waals surface area contributed by atoms with Gasteiger partial charge in [0, 0.05) is 10.6 Å². The van der Waals surface area contributed by atoms with Crippen LogP contribution in [0.15, 0.2) is 30.3 Å². The summed E-state index contributed by atoms with van der Waals surface area (Å²) in [5, 5.41) is 19.9. The number of hydrogen-bond donors (Lipinski definition) is 2. The Morgan fingerprint density at radius 2 is 1.62 bits per heavy atom. The standard InChI is InChI=1S/C14H8Cl4O3/c15-8-5-9(16)11(17)12(18)10(8)13(19)6-3-1-2-4-7(6)14(20)21/h1-5,13,19H,(H,20,21). The van der Waals surface area contributed by atoms with E-state index >= 15 is 0 Å². The van der Waals surface area contributed by atoms with Crippen molar-refractivity contribution < 1.29 is 15.0 Å². The molecule has 0 saturated heterocycles. The number of aliphatic hydroxyl groups is 1. The fourth-order valence-electron chi connectivity index (χ4n) is 1.92. The van der Waals surface area contributed by atoms with Gasteiger partial charge in [-0.1, -0.05) is 64.6 Å². The summed E-state index contributed by atoms with van der Waals surface area (Å²) in [5.74, 6) is -1.17. The Bertz CT molecular complexity index is 716. The number of hydrogen-bond acceptors (Lipinski definition) is 2. The van der Waals surface area contributed by atoms with Crippen LogP contribution in [0.4, 0.5) is 0 Å². The highest BCUT2D eigenvalue weighted by molar-refractivity contribution is 6.49. The first-order valence-corrected chi connectivity index (χ1v) is 7.19. The second-order valence-electron chi connectivity index (χ2n) is 4.18. The number of aromatic carboxylic acids is 1. The highest BCUT2D eigenvalue weighted by atomic mass is 35.5. The molecule has 0 aliphatic rings. The third-order valence-electron chi connectivity index (χ3n) is 2.91. The molecular weight excluding hydrogens is 358 g/mol. The Hall–Kier alpha value is -0.970. The lowest BCUT2D eigenvalue weighted by Gasteiger charge is -2.18. The SMILES string of the molecule is O=C(O)c1ccccc1C(O)c1c(Cl)cc(Cl)c(Cl)c1Cl. The molecular formula is C14H8Cl4O3. The minimum Gasteiger partial charge on any atom is -0.478 e. The lowest BCUT2D eigenvalue weighted by molar-refractivity contribution is 0.0691. The van der Waals surface area contributed by atoms with E-state index in [-0.39, 0.29) is 36.8 Å². The Balaban J connectivity index is 2.64. The molecule has 3 nitrogen and oxygen atoms in total. The van der Waals surface area contributed by atoms with Crippen molar-refractivity contribution in [2.45, 2.75) is 6.10 Å². The summed E-state index contributed by atoms with van der Waals surface area (Å²) in [7, 11) is 0. The number of carboxylic acid groups (broad SMARTS) is 1. The zero-order valence-electron chi connectivity index (χ0n) is 10.3. The van der Waals surface area contributed by atoms with Crippen molar-refractivity contribution in [1.82, 2.24) is 0 Å². The van der Waals surface area contributed by atoms with Crippen molar-refractivity contribution in [3.05, 3.63) is 67.1 Å². The molecule has 0 fully saturated rings. The van der Waals surface area contributed by atoms with Gasteiger partial charge in [-0.15, -0.1) is 0 Å². The van der Waals surface area contributed by atoms with Gasteiger partial charge in [-0.25, -0.2) is 4.79 Å². The van der Waals surface area contributed by atoms with Crippen molar-refractivity contribution in [3.8, 4) is 0 Å². The van der Waals surface area contributed by atoms with Gasteiger partial charge in [0.15, 0.2) is 0 Å². The molecule has 110 valence electrons. The molecule has 0 aromatic heterocycles. The van der Waals surface area contributed by atoms with Crippen LogP contribution in [0, 0.1) is 0 Å². The number of aliphatic hydroxyl groups excluding tert-OH is 1. The van der Waals surface area contributed by atoms with Crippen molar-refractivity contribution in [3.63, 3.8) is 0 Å². The molecule has 2 aromatic rings. The van der Waals surface area contributed by atoms with E-state index in [0.29, 0.717) is 0 Å². The maximum absolute atomic E-state index is 11.2. The van der Waals surface area contributed by atoms with Gasteiger partial charge < -0.3 is 10.2 Å². The molecule has 7 heteroatoms. The summed E-state index contributed by atoms with van der Waals surface area (Å²) in [6.07, 6.45) is -1.34. The molecule has 2 aromatic carbocycles. The lowest BCUT2D eigenvalue weighted by atomic mass is 9.96. The van der Waals surface area contributed by atoms with Crippen LogP contribution in [-0.4, -0.2) is 16.2 Å². The zero-order valence-corrected chi connectivity index (χ0v) is 13.3. The molecule has 0 amide bonds. The van der Waals surface area contributed by atoms with Crippen molar-refractivity contribution in [2.24, 2.45) is 0 Å². The smallest absolute Gasteiger partial charge is 0.336 e. The van der Waals surface area contributed by atoms with Gasteiger partial charge in [-0.3, -0.25) is 0 Å². The third kappa shape index (κ3) is 3.12. The normalized spacial score (nSPS) is 12.2. The van der Waals surface area contributed by atoms with E-state index < -0.39 is 12.1 Å². The Labute approximate surface area is 140 Å². The van der Waals surface area contributed by atoms with Gasteiger partial charge in [0.1, 0.15) is 6.10 Å². The average molecular weight is 366 g/mol. The molecule has 0 saturated carbocycles. The fourth-order valence-corrected chi connectivity index (χ4v) is 3.04. The second-order valence-corrected chi connectivity index (χ2v) is 5.75. The summed E-state index contributed by atoms with van der Waals surface area (Å²) in [6.45, 7) is 0. The first kappa shape index (κ1) is 16.4. The molecule has 0 spiro atoms. The minimum atomic E-state index is -1.34. The first-order valence-electron chi connectivity index (χ1n) is 5.67. The summed E-state index contributed by atoms with van der Waals surface area (Å²) < 4.78 is 0. The Kier molecular flexibility index (Phi) is 5.02. The van der Waals surface area contributed by atoms with Crippen LogP contribution in [-0.2, 0) is 0 Å². The number of benzene rings is 2.